The molecule has 1 fully saturated rings. The van der Waals surface area contributed by atoms with Crippen LogP contribution < -0.4 is 5.32 Å². The molecular formula is C15H21N3. The molecule has 0 bridgehead atoms. The van der Waals surface area contributed by atoms with Crippen LogP contribution in [0.25, 0.3) is 0 Å². The predicted molar refractivity (Wildman–Crippen MR) is 73.2 cm³/mol. The summed E-state index contributed by atoms with van der Waals surface area (Å²) in [7, 11) is 0. The van der Waals surface area contributed by atoms with Crippen LogP contribution in [0.2, 0.25) is 0 Å². The van der Waals surface area contributed by atoms with Crippen LogP contribution in [0.5, 0.6) is 0 Å². The first kappa shape index (κ1) is 12.9. The van der Waals surface area contributed by atoms with Gasteiger partial charge in [-0.3, -0.25) is 0 Å². The summed E-state index contributed by atoms with van der Waals surface area (Å²) in [5, 5.41) is 12.2. The van der Waals surface area contributed by atoms with E-state index in [0.29, 0.717) is 11.6 Å². The Labute approximate surface area is 109 Å². The molecule has 1 saturated carbocycles. The van der Waals surface area contributed by atoms with Gasteiger partial charge in [0.25, 0.3) is 0 Å². The summed E-state index contributed by atoms with van der Waals surface area (Å²) in [6, 6.07) is 6.36. The quantitative estimate of drug-likeness (QED) is 0.876. The molecule has 1 aliphatic rings. The molecule has 18 heavy (non-hydrogen) atoms. The first-order valence-corrected chi connectivity index (χ1v) is 6.94. The third kappa shape index (κ3) is 3.46. The van der Waals surface area contributed by atoms with E-state index in [4.69, 9.17) is 5.26 Å². The fraction of sp³-hybridized carbons (Fsp3) is 0.600. The van der Waals surface area contributed by atoms with Crippen LogP contribution in [0, 0.1) is 17.2 Å². The third-order valence-corrected chi connectivity index (χ3v) is 3.79. The van der Waals surface area contributed by atoms with Crippen molar-refractivity contribution in [1.29, 1.82) is 5.26 Å². The highest BCUT2D eigenvalue weighted by atomic mass is 15.0. The van der Waals surface area contributed by atoms with Crippen molar-refractivity contribution < 1.29 is 0 Å². The molecule has 1 heterocycles. The summed E-state index contributed by atoms with van der Waals surface area (Å²) in [5.74, 6) is 1.83. The minimum Gasteiger partial charge on any atom is -0.367 e. The Balaban J connectivity index is 1.82. The molecular weight excluding hydrogens is 222 g/mol. The lowest BCUT2D eigenvalue weighted by molar-refractivity contribution is 0.318. The van der Waals surface area contributed by atoms with E-state index in [1.165, 1.54) is 38.5 Å². The Morgan fingerprint density at radius 2 is 2.11 bits per heavy atom. The average Bonchev–Trinajstić information content (AvgIpc) is 2.42. The summed E-state index contributed by atoms with van der Waals surface area (Å²) in [4.78, 5) is 4.27. The second-order valence-corrected chi connectivity index (χ2v) is 5.19. The molecule has 96 valence electrons. The van der Waals surface area contributed by atoms with Gasteiger partial charge in [-0.15, -0.1) is 0 Å². The zero-order chi connectivity index (χ0) is 12.8. The Hall–Kier alpha value is -1.56. The molecule has 0 atom stereocenters. The van der Waals surface area contributed by atoms with Gasteiger partial charge in [0.15, 0.2) is 0 Å². The van der Waals surface area contributed by atoms with E-state index in [9.17, 15) is 0 Å². The number of anilines is 1. The average molecular weight is 243 g/mol. The second-order valence-electron chi connectivity index (χ2n) is 5.19. The molecule has 0 aliphatic heterocycles. The van der Waals surface area contributed by atoms with Crippen molar-refractivity contribution >= 4 is 5.82 Å². The Bertz CT molecular complexity index is 397. The third-order valence-electron chi connectivity index (χ3n) is 3.79. The normalized spacial score (nSPS) is 23.3. The van der Waals surface area contributed by atoms with Crippen LogP contribution in [-0.4, -0.2) is 11.0 Å². The number of hydrogen-bond donors (Lipinski definition) is 1. The lowest BCUT2D eigenvalue weighted by atomic mass is 9.83. The summed E-state index contributed by atoms with van der Waals surface area (Å²) in [5.41, 5.74) is 0.618. The first-order valence-electron chi connectivity index (χ1n) is 6.94. The molecule has 0 unspecified atom stereocenters. The number of nitrogens with one attached hydrogen (secondary N) is 1. The Morgan fingerprint density at radius 3 is 2.67 bits per heavy atom. The molecule has 1 aliphatic carbocycles. The fourth-order valence-corrected chi connectivity index (χ4v) is 2.76. The lowest BCUT2D eigenvalue weighted by Gasteiger charge is -2.29. The van der Waals surface area contributed by atoms with Crippen molar-refractivity contribution in [3.8, 4) is 6.07 Å². The first-order chi connectivity index (χ1) is 8.81. The lowest BCUT2D eigenvalue weighted by Crippen LogP contribution is -2.26. The molecule has 0 aromatic carbocycles. The van der Waals surface area contributed by atoms with E-state index in [-0.39, 0.29) is 0 Å². The number of aromatic nitrogens is 1. The summed E-state index contributed by atoms with van der Waals surface area (Å²) in [6.45, 7) is 2.27. The number of nitrogens with zero attached hydrogens (tertiary/aromatic N) is 2. The van der Waals surface area contributed by atoms with Gasteiger partial charge in [-0.2, -0.15) is 5.26 Å². The van der Waals surface area contributed by atoms with E-state index >= 15 is 0 Å². The molecule has 1 aromatic heterocycles. The van der Waals surface area contributed by atoms with E-state index in [1.54, 1.807) is 6.20 Å². The van der Waals surface area contributed by atoms with Crippen molar-refractivity contribution in [2.45, 2.75) is 51.5 Å². The highest BCUT2D eigenvalue weighted by molar-refractivity contribution is 5.39. The van der Waals surface area contributed by atoms with Crippen molar-refractivity contribution in [3.05, 3.63) is 23.9 Å². The SMILES string of the molecule is CCCC1CCC(Nc2ccc(C#N)cn2)CC1. The Kier molecular flexibility index (Phi) is 4.58. The summed E-state index contributed by atoms with van der Waals surface area (Å²) < 4.78 is 0. The zero-order valence-corrected chi connectivity index (χ0v) is 11.0. The van der Waals surface area contributed by atoms with Crippen LogP contribution in [0.4, 0.5) is 5.82 Å². The molecule has 0 amide bonds. The minimum absolute atomic E-state index is 0.554. The zero-order valence-electron chi connectivity index (χ0n) is 11.0. The summed E-state index contributed by atoms with van der Waals surface area (Å²) >= 11 is 0. The molecule has 2 rings (SSSR count). The van der Waals surface area contributed by atoms with Gasteiger partial charge in [0, 0.05) is 12.2 Å². The van der Waals surface area contributed by atoms with Crippen LogP contribution in [-0.2, 0) is 0 Å². The van der Waals surface area contributed by atoms with Gasteiger partial charge >= 0.3 is 0 Å². The Morgan fingerprint density at radius 1 is 1.33 bits per heavy atom. The maximum Gasteiger partial charge on any atom is 0.126 e. The van der Waals surface area contributed by atoms with Gasteiger partial charge in [-0.1, -0.05) is 19.8 Å². The van der Waals surface area contributed by atoms with E-state index in [2.05, 4.69) is 23.3 Å². The highest BCUT2D eigenvalue weighted by Crippen LogP contribution is 2.29. The van der Waals surface area contributed by atoms with Crippen molar-refractivity contribution in [3.63, 3.8) is 0 Å². The molecule has 1 N–H and O–H groups in total. The highest BCUT2D eigenvalue weighted by Gasteiger charge is 2.20. The van der Waals surface area contributed by atoms with Gasteiger partial charge in [-0.05, 0) is 43.7 Å². The predicted octanol–water partition coefficient (Wildman–Crippen LogP) is 3.72. The maximum atomic E-state index is 8.72. The van der Waals surface area contributed by atoms with E-state index in [1.807, 2.05) is 12.1 Å². The fourth-order valence-electron chi connectivity index (χ4n) is 2.76. The van der Waals surface area contributed by atoms with Gasteiger partial charge in [0.1, 0.15) is 11.9 Å². The van der Waals surface area contributed by atoms with Gasteiger partial charge in [0.2, 0.25) is 0 Å². The largest absolute Gasteiger partial charge is 0.367 e. The maximum absolute atomic E-state index is 8.72. The summed E-state index contributed by atoms with van der Waals surface area (Å²) in [6.07, 6.45) is 9.47. The van der Waals surface area contributed by atoms with Crippen molar-refractivity contribution in [2.75, 3.05) is 5.32 Å². The van der Waals surface area contributed by atoms with Crippen LogP contribution in [0.15, 0.2) is 18.3 Å². The number of nitriles is 1. The molecule has 1 aromatic rings. The molecule has 3 heteroatoms. The van der Waals surface area contributed by atoms with E-state index in [0.717, 1.165) is 11.7 Å². The van der Waals surface area contributed by atoms with Crippen LogP contribution >= 0.6 is 0 Å². The van der Waals surface area contributed by atoms with Gasteiger partial charge < -0.3 is 5.32 Å². The monoisotopic (exact) mass is 243 g/mol. The van der Waals surface area contributed by atoms with Gasteiger partial charge in [0.05, 0.1) is 5.56 Å². The minimum atomic E-state index is 0.554. The van der Waals surface area contributed by atoms with Crippen LogP contribution in [0.3, 0.4) is 0 Å². The molecule has 0 radical (unpaired) electrons. The topological polar surface area (TPSA) is 48.7 Å². The molecule has 0 saturated heterocycles. The number of hydrogen-bond acceptors (Lipinski definition) is 3. The number of rotatable bonds is 4. The standard InChI is InChI=1S/C15H21N3/c1-2-3-12-4-7-14(8-5-12)18-15-9-6-13(10-16)11-17-15/h6,9,11-12,14H,2-5,7-8H2,1H3,(H,17,18). The molecule has 0 spiro atoms. The van der Waals surface area contributed by atoms with Crippen molar-refractivity contribution in [1.82, 2.24) is 4.98 Å². The van der Waals surface area contributed by atoms with Crippen LogP contribution in [0.1, 0.15) is 51.0 Å². The second kappa shape index (κ2) is 6.39. The van der Waals surface area contributed by atoms with Crippen molar-refractivity contribution in [2.24, 2.45) is 5.92 Å². The number of pyridine rings is 1. The smallest absolute Gasteiger partial charge is 0.126 e. The van der Waals surface area contributed by atoms with E-state index < -0.39 is 0 Å². The molecule has 3 nitrogen and oxygen atoms in total. The van der Waals surface area contributed by atoms with Gasteiger partial charge in [-0.25, -0.2) is 4.98 Å².